The minimum atomic E-state index is -1.10. The van der Waals surface area contributed by atoms with Crippen molar-refractivity contribution >= 4 is 5.97 Å². The second-order valence-corrected chi connectivity index (χ2v) is 4.16. The summed E-state index contributed by atoms with van der Waals surface area (Å²) >= 11 is 0. The molecule has 0 aliphatic carbocycles. The maximum absolute atomic E-state index is 13.6. The van der Waals surface area contributed by atoms with E-state index in [2.05, 4.69) is 0 Å². The number of rotatable bonds is 4. The molecule has 0 bridgehead atoms. The van der Waals surface area contributed by atoms with E-state index >= 15 is 0 Å². The van der Waals surface area contributed by atoms with Gasteiger partial charge in [-0.2, -0.15) is 0 Å². The van der Waals surface area contributed by atoms with Crippen molar-refractivity contribution < 1.29 is 19.0 Å². The highest BCUT2D eigenvalue weighted by Gasteiger charge is 2.38. The maximum atomic E-state index is 13.6. The van der Waals surface area contributed by atoms with Gasteiger partial charge in [0.1, 0.15) is 5.82 Å². The van der Waals surface area contributed by atoms with Crippen molar-refractivity contribution in [3.05, 3.63) is 35.6 Å². The molecule has 1 unspecified atom stereocenters. The van der Waals surface area contributed by atoms with Crippen molar-refractivity contribution in [2.75, 3.05) is 7.11 Å². The van der Waals surface area contributed by atoms with Crippen LogP contribution < -0.4 is 0 Å². The van der Waals surface area contributed by atoms with Gasteiger partial charge in [0.15, 0.2) is 6.10 Å². The van der Waals surface area contributed by atoms with Crippen LogP contribution in [0.25, 0.3) is 0 Å². The van der Waals surface area contributed by atoms with E-state index in [4.69, 9.17) is 9.84 Å². The van der Waals surface area contributed by atoms with Gasteiger partial charge in [0.25, 0.3) is 0 Å². The number of hydrogen-bond donors (Lipinski definition) is 1. The van der Waals surface area contributed by atoms with E-state index < -0.39 is 23.3 Å². The molecule has 0 saturated heterocycles. The molecule has 1 rings (SSSR count). The fourth-order valence-corrected chi connectivity index (χ4v) is 1.83. The molecule has 1 aromatic rings. The fourth-order valence-electron chi connectivity index (χ4n) is 1.83. The Balaban J connectivity index is 3.19. The number of benzene rings is 1. The van der Waals surface area contributed by atoms with E-state index in [9.17, 15) is 9.18 Å². The predicted molar refractivity (Wildman–Crippen MR) is 57.9 cm³/mol. The summed E-state index contributed by atoms with van der Waals surface area (Å²) in [6, 6.07) is 6.13. The first-order valence-corrected chi connectivity index (χ1v) is 4.92. The summed E-state index contributed by atoms with van der Waals surface area (Å²) in [5.41, 5.74) is -0.587. The van der Waals surface area contributed by atoms with Crippen LogP contribution in [-0.4, -0.2) is 24.3 Å². The molecule has 0 aromatic heterocycles. The number of carboxylic acids is 1. The van der Waals surface area contributed by atoms with Gasteiger partial charge in [-0.05, 0) is 11.6 Å². The van der Waals surface area contributed by atoms with Crippen molar-refractivity contribution in [2.24, 2.45) is 0 Å². The van der Waals surface area contributed by atoms with Crippen LogP contribution in [0.5, 0.6) is 0 Å². The average Bonchev–Trinajstić information content (AvgIpc) is 2.17. The highest BCUT2D eigenvalue weighted by atomic mass is 19.1. The molecular formula is C12H15FO3. The van der Waals surface area contributed by atoms with Crippen molar-refractivity contribution in [1.29, 1.82) is 0 Å². The van der Waals surface area contributed by atoms with E-state index in [1.165, 1.54) is 13.2 Å². The molecule has 0 spiro atoms. The van der Waals surface area contributed by atoms with Gasteiger partial charge in [0, 0.05) is 12.5 Å². The minimum absolute atomic E-state index is 0.337. The van der Waals surface area contributed by atoms with Crippen LogP contribution in [-0.2, 0) is 14.9 Å². The van der Waals surface area contributed by atoms with Crippen molar-refractivity contribution in [3.8, 4) is 0 Å². The smallest absolute Gasteiger partial charge is 0.333 e. The summed E-state index contributed by atoms with van der Waals surface area (Å²) in [7, 11) is 1.31. The molecule has 16 heavy (non-hydrogen) atoms. The molecule has 3 nitrogen and oxygen atoms in total. The quantitative estimate of drug-likeness (QED) is 0.856. The van der Waals surface area contributed by atoms with E-state index in [1.54, 1.807) is 32.0 Å². The highest BCUT2D eigenvalue weighted by Crippen LogP contribution is 2.30. The number of hydrogen-bond acceptors (Lipinski definition) is 2. The summed E-state index contributed by atoms with van der Waals surface area (Å²) in [5.74, 6) is -1.52. The average molecular weight is 226 g/mol. The molecule has 1 aromatic carbocycles. The third-order valence-electron chi connectivity index (χ3n) is 2.68. The molecule has 0 aliphatic heterocycles. The van der Waals surface area contributed by atoms with Gasteiger partial charge in [0.2, 0.25) is 0 Å². The van der Waals surface area contributed by atoms with Gasteiger partial charge in [0.05, 0.1) is 0 Å². The predicted octanol–water partition coefficient (Wildman–Crippen LogP) is 2.20. The summed E-state index contributed by atoms with van der Waals surface area (Å²) < 4.78 is 18.5. The third kappa shape index (κ3) is 2.22. The largest absolute Gasteiger partial charge is 0.479 e. The highest BCUT2D eigenvalue weighted by molar-refractivity contribution is 5.74. The summed E-state index contributed by atoms with van der Waals surface area (Å²) in [5, 5.41) is 9.01. The Morgan fingerprint density at radius 1 is 1.44 bits per heavy atom. The van der Waals surface area contributed by atoms with Crippen molar-refractivity contribution in [2.45, 2.75) is 25.4 Å². The first-order chi connectivity index (χ1) is 7.41. The Kier molecular flexibility index (Phi) is 3.65. The number of methoxy groups -OCH3 is 1. The first kappa shape index (κ1) is 12.6. The number of halogens is 1. The Bertz CT molecular complexity index is 388. The summed E-state index contributed by atoms with van der Waals surface area (Å²) in [6.45, 7) is 3.29. The van der Waals surface area contributed by atoms with E-state index in [1.807, 2.05) is 0 Å². The lowest BCUT2D eigenvalue weighted by Crippen LogP contribution is -2.42. The molecule has 4 heteroatoms. The zero-order chi connectivity index (χ0) is 12.3. The number of ether oxygens (including phenoxy) is 1. The lowest BCUT2D eigenvalue weighted by atomic mass is 9.79. The summed E-state index contributed by atoms with van der Waals surface area (Å²) in [6.07, 6.45) is -1.08. The second-order valence-electron chi connectivity index (χ2n) is 4.16. The molecular weight excluding hydrogens is 211 g/mol. The fraction of sp³-hybridized carbons (Fsp3) is 0.417. The molecule has 0 amide bonds. The van der Waals surface area contributed by atoms with Gasteiger partial charge in [-0.15, -0.1) is 0 Å². The Morgan fingerprint density at radius 2 is 2.00 bits per heavy atom. The standard InChI is InChI=1S/C12H15FO3/c1-12(2,10(16-3)11(14)15)8-6-4-5-7-9(8)13/h4-7,10H,1-3H3,(H,14,15). The van der Waals surface area contributed by atoms with Crippen LogP contribution in [0.1, 0.15) is 19.4 Å². The lowest BCUT2D eigenvalue weighted by molar-refractivity contribution is -0.152. The SMILES string of the molecule is COC(C(=O)O)C(C)(C)c1ccccc1F. The van der Waals surface area contributed by atoms with Gasteiger partial charge < -0.3 is 9.84 Å². The van der Waals surface area contributed by atoms with Gasteiger partial charge in [-0.25, -0.2) is 9.18 Å². The molecule has 0 saturated carbocycles. The number of carboxylic acid groups (broad SMARTS) is 1. The zero-order valence-electron chi connectivity index (χ0n) is 9.53. The third-order valence-corrected chi connectivity index (χ3v) is 2.68. The molecule has 1 atom stereocenters. The zero-order valence-corrected chi connectivity index (χ0v) is 9.53. The van der Waals surface area contributed by atoms with E-state index in [0.29, 0.717) is 5.56 Å². The van der Waals surface area contributed by atoms with Crippen molar-refractivity contribution in [3.63, 3.8) is 0 Å². The van der Waals surface area contributed by atoms with Crippen LogP contribution in [0.2, 0.25) is 0 Å². The second kappa shape index (κ2) is 4.61. The summed E-state index contributed by atoms with van der Waals surface area (Å²) in [4.78, 5) is 11.0. The molecule has 0 heterocycles. The molecule has 0 aliphatic rings. The first-order valence-electron chi connectivity index (χ1n) is 4.92. The van der Waals surface area contributed by atoms with Gasteiger partial charge >= 0.3 is 5.97 Å². The van der Waals surface area contributed by atoms with Crippen molar-refractivity contribution in [1.82, 2.24) is 0 Å². The topological polar surface area (TPSA) is 46.5 Å². The molecule has 0 fully saturated rings. The number of carbonyl (C=O) groups is 1. The monoisotopic (exact) mass is 226 g/mol. The van der Waals surface area contributed by atoms with Crippen LogP contribution >= 0.6 is 0 Å². The van der Waals surface area contributed by atoms with Gasteiger partial charge in [-0.3, -0.25) is 0 Å². The normalized spacial score (nSPS) is 13.5. The Labute approximate surface area is 93.9 Å². The van der Waals surface area contributed by atoms with Crippen LogP contribution in [0.15, 0.2) is 24.3 Å². The molecule has 0 radical (unpaired) electrons. The van der Waals surface area contributed by atoms with E-state index in [0.717, 1.165) is 0 Å². The lowest BCUT2D eigenvalue weighted by Gasteiger charge is -2.31. The maximum Gasteiger partial charge on any atom is 0.333 e. The Morgan fingerprint density at radius 3 is 2.44 bits per heavy atom. The molecule has 1 N–H and O–H groups in total. The molecule has 88 valence electrons. The number of aliphatic carboxylic acids is 1. The minimum Gasteiger partial charge on any atom is -0.479 e. The van der Waals surface area contributed by atoms with E-state index in [-0.39, 0.29) is 0 Å². The van der Waals surface area contributed by atoms with Crippen LogP contribution in [0.3, 0.4) is 0 Å². The van der Waals surface area contributed by atoms with Gasteiger partial charge in [-0.1, -0.05) is 32.0 Å². The van der Waals surface area contributed by atoms with Crippen LogP contribution in [0, 0.1) is 5.82 Å². The van der Waals surface area contributed by atoms with Crippen LogP contribution in [0.4, 0.5) is 4.39 Å². The Hall–Kier alpha value is -1.42.